The fourth-order valence-electron chi connectivity index (χ4n) is 1.40. The highest BCUT2D eigenvalue weighted by molar-refractivity contribution is 5.93. The smallest absolute Gasteiger partial charge is 0.228 e. The number of rotatable bonds is 3. The number of hydrogen-bond acceptors (Lipinski definition) is 2. The average molecular weight is 193 g/mol. The summed E-state index contributed by atoms with van der Waals surface area (Å²) in [7, 11) is 0. The van der Waals surface area contributed by atoms with E-state index in [0.717, 1.165) is 18.7 Å². The van der Waals surface area contributed by atoms with Crippen LogP contribution in [0.1, 0.15) is 32.7 Å². The van der Waals surface area contributed by atoms with Gasteiger partial charge in [-0.2, -0.15) is 5.10 Å². The molecule has 0 saturated heterocycles. The Bertz CT molecular complexity index is 339. The molecule has 1 heterocycles. The maximum Gasteiger partial charge on any atom is 0.228 e. The molecule has 1 aliphatic carbocycles. The molecule has 4 nitrogen and oxygen atoms in total. The largest absolute Gasteiger partial charge is 0.311 e. The topological polar surface area (TPSA) is 46.9 Å². The molecule has 4 heteroatoms. The lowest BCUT2D eigenvalue weighted by Gasteiger charge is -2.11. The van der Waals surface area contributed by atoms with Gasteiger partial charge in [-0.1, -0.05) is 0 Å². The molecule has 1 aromatic heterocycles. The molecule has 0 radical (unpaired) electrons. The van der Waals surface area contributed by atoms with Gasteiger partial charge >= 0.3 is 0 Å². The minimum absolute atomic E-state index is 0.132. The van der Waals surface area contributed by atoms with E-state index >= 15 is 0 Å². The van der Waals surface area contributed by atoms with Crippen molar-refractivity contribution in [3.8, 4) is 0 Å². The van der Waals surface area contributed by atoms with Crippen LogP contribution in [0.2, 0.25) is 0 Å². The number of nitrogens with one attached hydrogen (secondary N) is 1. The van der Waals surface area contributed by atoms with Crippen LogP contribution in [0.5, 0.6) is 0 Å². The third kappa shape index (κ3) is 1.78. The number of amides is 1. The minimum atomic E-state index is 0.132. The molecular weight excluding hydrogens is 178 g/mol. The van der Waals surface area contributed by atoms with E-state index in [9.17, 15) is 4.79 Å². The van der Waals surface area contributed by atoms with Crippen LogP contribution in [0.15, 0.2) is 12.3 Å². The highest BCUT2D eigenvalue weighted by Gasteiger charge is 2.30. The second kappa shape index (κ2) is 3.44. The van der Waals surface area contributed by atoms with E-state index in [1.165, 1.54) is 0 Å². The van der Waals surface area contributed by atoms with Crippen LogP contribution in [-0.4, -0.2) is 15.7 Å². The molecule has 0 aliphatic heterocycles. The van der Waals surface area contributed by atoms with Crippen molar-refractivity contribution in [3.63, 3.8) is 0 Å². The zero-order valence-corrected chi connectivity index (χ0v) is 8.53. The summed E-state index contributed by atoms with van der Waals surface area (Å²) in [4.78, 5) is 11.5. The first-order valence-electron chi connectivity index (χ1n) is 5.03. The fraction of sp³-hybridized carbons (Fsp3) is 0.600. The summed E-state index contributed by atoms with van der Waals surface area (Å²) in [5.74, 6) is 1.18. The first-order valence-corrected chi connectivity index (χ1v) is 5.03. The second-order valence-corrected chi connectivity index (χ2v) is 4.02. The van der Waals surface area contributed by atoms with E-state index in [1.54, 1.807) is 6.20 Å². The van der Waals surface area contributed by atoms with Gasteiger partial charge in [-0.15, -0.1) is 0 Å². The van der Waals surface area contributed by atoms with Gasteiger partial charge in [-0.25, -0.2) is 4.68 Å². The standard InChI is InChI=1S/C10H15N3O/c1-7(2)13-9(5-6-11-13)12-10(14)8-3-4-8/h5-8H,3-4H2,1-2H3,(H,12,14). The van der Waals surface area contributed by atoms with Gasteiger partial charge in [0.2, 0.25) is 5.91 Å². The molecule has 1 aliphatic rings. The minimum Gasteiger partial charge on any atom is -0.311 e. The highest BCUT2D eigenvalue weighted by Crippen LogP contribution is 2.30. The predicted octanol–water partition coefficient (Wildman–Crippen LogP) is 1.81. The van der Waals surface area contributed by atoms with Gasteiger partial charge in [0.15, 0.2) is 0 Å². The van der Waals surface area contributed by atoms with Crippen molar-refractivity contribution in [2.24, 2.45) is 5.92 Å². The highest BCUT2D eigenvalue weighted by atomic mass is 16.2. The van der Waals surface area contributed by atoms with Crippen molar-refractivity contribution >= 4 is 11.7 Å². The zero-order chi connectivity index (χ0) is 10.1. The maximum atomic E-state index is 11.5. The summed E-state index contributed by atoms with van der Waals surface area (Å²) in [5, 5.41) is 7.05. The van der Waals surface area contributed by atoms with Crippen LogP contribution in [0.4, 0.5) is 5.82 Å². The fourth-order valence-corrected chi connectivity index (χ4v) is 1.40. The lowest BCUT2D eigenvalue weighted by molar-refractivity contribution is -0.117. The Morgan fingerprint density at radius 3 is 2.93 bits per heavy atom. The molecule has 2 rings (SSSR count). The molecule has 0 atom stereocenters. The molecule has 0 aromatic carbocycles. The van der Waals surface area contributed by atoms with Crippen LogP contribution in [0.3, 0.4) is 0 Å². The average Bonchev–Trinajstić information content (AvgIpc) is 2.87. The summed E-state index contributed by atoms with van der Waals surface area (Å²) in [5.41, 5.74) is 0. The van der Waals surface area contributed by atoms with Gasteiger partial charge in [0.1, 0.15) is 5.82 Å². The third-order valence-electron chi connectivity index (χ3n) is 2.36. The number of aromatic nitrogens is 2. The summed E-state index contributed by atoms with van der Waals surface area (Å²) < 4.78 is 1.82. The summed E-state index contributed by atoms with van der Waals surface area (Å²) in [6.45, 7) is 4.08. The van der Waals surface area contributed by atoms with E-state index < -0.39 is 0 Å². The van der Waals surface area contributed by atoms with Gasteiger partial charge in [0.25, 0.3) is 0 Å². The number of hydrogen-bond donors (Lipinski definition) is 1. The zero-order valence-electron chi connectivity index (χ0n) is 8.53. The van der Waals surface area contributed by atoms with Crippen LogP contribution < -0.4 is 5.32 Å². The van der Waals surface area contributed by atoms with E-state index in [4.69, 9.17) is 0 Å². The SMILES string of the molecule is CC(C)n1nccc1NC(=O)C1CC1. The van der Waals surface area contributed by atoms with Crippen LogP contribution in [0.25, 0.3) is 0 Å². The molecule has 0 spiro atoms. The van der Waals surface area contributed by atoms with E-state index in [0.29, 0.717) is 0 Å². The lowest BCUT2D eigenvalue weighted by Crippen LogP contribution is -2.17. The van der Waals surface area contributed by atoms with E-state index in [-0.39, 0.29) is 17.9 Å². The van der Waals surface area contributed by atoms with Crippen molar-refractivity contribution in [2.75, 3.05) is 5.32 Å². The van der Waals surface area contributed by atoms with Gasteiger partial charge in [0, 0.05) is 18.0 Å². The Balaban J connectivity index is 2.07. The molecule has 1 fully saturated rings. The van der Waals surface area contributed by atoms with Gasteiger partial charge < -0.3 is 5.32 Å². The molecule has 1 aromatic rings. The van der Waals surface area contributed by atoms with Crippen LogP contribution >= 0.6 is 0 Å². The Morgan fingerprint density at radius 2 is 2.36 bits per heavy atom. The normalized spacial score (nSPS) is 15.9. The Labute approximate surface area is 83.3 Å². The van der Waals surface area contributed by atoms with E-state index in [1.807, 2.05) is 24.6 Å². The van der Waals surface area contributed by atoms with Crippen molar-refractivity contribution < 1.29 is 4.79 Å². The molecule has 14 heavy (non-hydrogen) atoms. The predicted molar refractivity (Wildman–Crippen MR) is 54.0 cm³/mol. The molecule has 0 unspecified atom stereocenters. The van der Waals surface area contributed by atoms with E-state index in [2.05, 4.69) is 10.4 Å². The Hall–Kier alpha value is -1.32. The first kappa shape index (κ1) is 9.24. The van der Waals surface area contributed by atoms with Gasteiger partial charge in [-0.05, 0) is 26.7 Å². The van der Waals surface area contributed by atoms with Crippen molar-refractivity contribution in [1.82, 2.24) is 9.78 Å². The van der Waals surface area contributed by atoms with Gasteiger partial charge in [-0.3, -0.25) is 4.79 Å². The maximum absolute atomic E-state index is 11.5. The van der Waals surface area contributed by atoms with Crippen molar-refractivity contribution in [1.29, 1.82) is 0 Å². The number of carbonyl (C=O) groups is 1. The summed E-state index contributed by atoms with van der Waals surface area (Å²) >= 11 is 0. The molecule has 1 saturated carbocycles. The van der Waals surface area contributed by atoms with Crippen LogP contribution in [0, 0.1) is 5.92 Å². The van der Waals surface area contributed by atoms with Gasteiger partial charge in [0.05, 0.1) is 6.20 Å². The number of nitrogens with zero attached hydrogens (tertiary/aromatic N) is 2. The quantitative estimate of drug-likeness (QED) is 0.795. The van der Waals surface area contributed by atoms with Crippen molar-refractivity contribution in [3.05, 3.63) is 12.3 Å². The third-order valence-corrected chi connectivity index (χ3v) is 2.36. The summed E-state index contributed by atoms with van der Waals surface area (Å²) in [6.07, 6.45) is 3.77. The Morgan fingerprint density at radius 1 is 1.64 bits per heavy atom. The lowest BCUT2D eigenvalue weighted by atomic mass is 10.4. The number of carbonyl (C=O) groups excluding carboxylic acids is 1. The monoisotopic (exact) mass is 193 g/mol. The Kier molecular flexibility index (Phi) is 2.27. The van der Waals surface area contributed by atoms with Crippen molar-refractivity contribution in [2.45, 2.75) is 32.7 Å². The second-order valence-electron chi connectivity index (χ2n) is 4.02. The molecular formula is C10H15N3O. The summed E-state index contributed by atoms with van der Waals surface area (Å²) in [6, 6.07) is 2.11. The molecule has 1 N–H and O–H groups in total. The number of anilines is 1. The molecule has 1 amide bonds. The molecule has 0 bridgehead atoms. The molecule has 76 valence electrons. The van der Waals surface area contributed by atoms with Crippen LogP contribution in [-0.2, 0) is 4.79 Å². The first-order chi connectivity index (χ1) is 6.68.